The lowest BCUT2D eigenvalue weighted by Crippen LogP contribution is -2.15. The molecule has 0 aliphatic rings. The summed E-state index contributed by atoms with van der Waals surface area (Å²) in [4.78, 5) is 43.5. The number of aromatic nitrogens is 2. The van der Waals surface area contributed by atoms with Gasteiger partial charge in [-0.05, 0) is 48.5 Å². The number of hydrogen-bond acceptors (Lipinski definition) is 5. The molecule has 154 valence electrons. The molecule has 1 aromatic heterocycles. The van der Waals surface area contributed by atoms with Gasteiger partial charge in [-0.2, -0.15) is 0 Å². The fraction of sp³-hybridized carbons (Fsp3) is 0.0833. The molecule has 3 aromatic carbocycles. The lowest BCUT2D eigenvalue weighted by Gasteiger charge is -2.08. The topological polar surface area (TPSA) is 101 Å². The molecule has 2 N–H and O–H groups in total. The number of esters is 1. The monoisotopic (exact) mass is 413 g/mol. The highest BCUT2D eigenvalue weighted by molar-refractivity contribution is 6.04. The molecule has 0 saturated heterocycles. The Morgan fingerprint density at radius 3 is 2.39 bits per heavy atom. The van der Waals surface area contributed by atoms with Crippen molar-refractivity contribution in [2.75, 3.05) is 5.32 Å². The second kappa shape index (κ2) is 9.04. The van der Waals surface area contributed by atoms with Crippen LogP contribution in [0.5, 0.6) is 5.75 Å². The van der Waals surface area contributed by atoms with Gasteiger partial charge in [0.25, 0.3) is 11.5 Å². The van der Waals surface area contributed by atoms with Gasteiger partial charge in [0.15, 0.2) is 0 Å². The van der Waals surface area contributed by atoms with Gasteiger partial charge in [0, 0.05) is 17.7 Å². The van der Waals surface area contributed by atoms with E-state index in [-0.39, 0.29) is 24.3 Å². The Bertz CT molecular complexity index is 1280. The van der Waals surface area contributed by atoms with Crippen LogP contribution in [0.2, 0.25) is 0 Å². The molecule has 0 saturated carbocycles. The zero-order chi connectivity index (χ0) is 21.6. The third kappa shape index (κ3) is 5.02. The third-order valence-corrected chi connectivity index (χ3v) is 4.61. The summed E-state index contributed by atoms with van der Waals surface area (Å²) in [7, 11) is 0. The molecule has 0 unspecified atom stereocenters. The number of carbonyl (C=O) groups is 2. The van der Waals surface area contributed by atoms with Gasteiger partial charge < -0.3 is 15.0 Å². The summed E-state index contributed by atoms with van der Waals surface area (Å²) >= 11 is 0. The van der Waals surface area contributed by atoms with E-state index >= 15 is 0 Å². The van der Waals surface area contributed by atoms with Crippen LogP contribution < -0.4 is 15.6 Å². The van der Waals surface area contributed by atoms with Gasteiger partial charge in [-0.15, -0.1) is 0 Å². The number of nitrogens with one attached hydrogen (secondary N) is 2. The summed E-state index contributed by atoms with van der Waals surface area (Å²) in [6.45, 7) is 0. The molecule has 4 rings (SSSR count). The third-order valence-electron chi connectivity index (χ3n) is 4.61. The number of aromatic amines is 1. The Kier molecular flexibility index (Phi) is 5.84. The number of ether oxygens (including phenoxy) is 1. The van der Waals surface area contributed by atoms with E-state index in [1.54, 1.807) is 72.8 Å². The highest BCUT2D eigenvalue weighted by Gasteiger charge is 2.10. The first-order valence-electron chi connectivity index (χ1n) is 9.73. The molecule has 7 nitrogen and oxygen atoms in total. The van der Waals surface area contributed by atoms with Gasteiger partial charge in [-0.1, -0.05) is 30.3 Å². The number of fused-ring (bicyclic) bond motifs is 1. The average molecular weight is 413 g/mol. The Labute approximate surface area is 177 Å². The Morgan fingerprint density at radius 1 is 0.903 bits per heavy atom. The molecule has 0 atom stereocenters. The summed E-state index contributed by atoms with van der Waals surface area (Å²) in [6, 6.07) is 22.4. The van der Waals surface area contributed by atoms with Crippen molar-refractivity contribution in [2.45, 2.75) is 12.8 Å². The van der Waals surface area contributed by atoms with Crippen LogP contribution in [0.4, 0.5) is 5.69 Å². The van der Waals surface area contributed by atoms with Gasteiger partial charge in [-0.3, -0.25) is 14.4 Å². The second-order valence-corrected chi connectivity index (χ2v) is 6.85. The normalized spacial score (nSPS) is 10.6. The first-order chi connectivity index (χ1) is 15.1. The zero-order valence-corrected chi connectivity index (χ0v) is 16.5. The standard InChI is InChI=1S/C24H19N3O4/c28-22(15-14-21-26-20-9-5-4-8-19(20)24(30)27-21)31-18-12-10-17(11-13-18)25-23(29)16-6-2-1-3-7-16/h1-13H,14-15H2,(H,25,29)(H,26,27,30). The van der Waals surface area contributed by atoms with Crippen LogP contribution in [0.15, 0.2) is 83.7 Å². The number of carbonyl (C=O) groups excluding carboxylic acids is 2. The fourth-order valence-electron chi connectivity index (χ4n) is 3.06. The van der Waals surface area contributed by atoms with E-state index in [1.807, 2.05) is 6.07 Å². The number of nitrogens with zero attached hydrogens (tertiary/aromatic N) is 1. The molecule has 4 aromatic rings. The molecule has 0 radical (unpaired) electrons. The van der Waals surface area contributed by atoms with Crippen molar-refractivity contribution in [3.63, 3.8) is 0 Å². The van der Waals surface area contributed by atoms with Crippen molar-refractivity contribution in [3.05, 3.63) is 101 Å². The summed E-state index contributed by atoms with van der Waals surface area (Å²) in [5.41, 5.74) is 1.50. The molecule has 0 fully saturated rings. The van der Waals surface area contributed by atoms with Crippen LogP contribution in [0.3, 0.4) is 0 Å². The van der Waals surface area contributed by atoms with Gasteiger partial charge in [0.2, 0.25) is 0 Å². The van der Waals surface area contributed by atoms with Crippen LogP contribution in [-0.4, -0.2) is 21.8 Å². The Hall–Kier alpha value is -4.26. The zero-order valence-electron chi connectivity index (χ0n) is 16.5. The number of rotatable bonds is 6. The highest BCUT2D eigenvalue weighted by atomic mass is 16.5. The van der Waals surface area contributed by atoms with Gasteiger partial charge >= 0.3 is 5.97 Å². The molecule has 1 heterocycles. The molecule has 0 aliphatic carbocycles. The maximum absolute atomic E-state index is 12.2. The fourth-order valence-corrected chi connectivity index (χ4v) is 3.06. The number of benzene rings is 3. The predicted octanol–water partition coefficient (Wildman–Crippen LogP) is 3.71. The van der Waals surface area contributed by atoms with Gasteiger partial charge in [-0.25, -0.2) is 4.98 Å². The number of amides is 1. The number of aryl methyl sites for hydroxylation is 1. The molecule has 0 bridgehead atoms. The van der Waals surface area contributed by atoms with Crippen LogP contribution >= 0.6 is 0 Å². The van der Waals surface area contributed by atoms with E-state index in [2.05, 4.69) is 15.3 Å². The molecular formula is C24H19N3O4. The molecular weight excluding hydrogens is 394 g/mol. The molecule has 7 heteroatoms. The van der Waals surface area contributed by atoms with Gasteiger partial charge in [0.1, 0.15) is 11.6 Å². The van der Waals surface area contributed by atoms with Crippen molar-refractivity contribution in [1.82, 2.24) is 9.97 Å². The maximum atomic E-state index is 12.2. The Morgan fingerprint density at radius 2 is 1.61 bits per heavy atom. The number of hydrogen-bond donors (Lipinski definition) is 2. The highest BCUT2D eigenvalue weighted by Crippen LogP contribution is 2.17. The second-order valence-electron chi connectivity index (χ2n) is 6.85. The largest absolute Gasteiger partial charge is 0.427 e. The molecule has 31 heavy (non-hydrogen) atoms. The van der Waals surface area contributed by atoms with Crippen LogP contribution in [0.1, 0.15) is 22.6 Å². The summed E-state index contributed by atoms with van der Waals surface area (Å²) in [6.07, 6.45) is 0.317. The summed E-state index contributed by atoms with van der Waals surface area (Å²) < 4.78 is 5.33. The van der Waals surface area contributed by atoms with Crippen molar-refractivity contribution < 1.29 is 14.3 Å². The first-order valence-corrected chi connectivity index (χ1v) is 9.73. The van der Waals surface area contributed by atoms with Gasteiger partial charge in [0.05, 0.1) is 17.3 Å². The smallest absolute Gasteiger partial charge is 0.311 e. The SMILES string of the molecule is O=C(CCc1nc2ccccc2c(=O)[nH]1)Oc1ccc(NC(=O)c2ccccc2)cc1. The van der Waals surface area contributed by atoms with Crippen molar-refractivity contribution >= 4 is 28.5 Å². The van der Waals surface area contributed by atoms with Crippen molar-refractivity contribution in [2.24, 2.45) is 0 Å². The van der Waals surface area contributed by atoms with E-state index in [1.165, 1.54) is 0 Å². The van der Waals surface area contributed by atoms with Crippen LogP contribution in [0.25, 0.3) is 10.9 Å². The van der Waals surface area contributed by atoms with E-state index < -0.39 is 5.97 Å². The molecule has 0 spiro atoms. The first kappa shape index (κ1) is 20.0. The van der Waals surface area contributed by atoms with E-state index in [0.29, 0.717) is 33.7 Å². The quantitative estimate of drug-likeness (QED) is 0.371. The Balaban J connectivity index is 1.33. The number of para-hydroxylation sites is 1. The van der Waals surface area contributed by atoms with E-state index in [4.69, 9.17) is 4.74 Å². The number of H-pyrrole nitrogens is 1. The predicted molar refractivity (Wildman–Crippen MR) is 117 cm³/mol. The summed E-state index contributed by atoms with van der Waals surface area (Å²) in [5, 5.41) is 3.29. The minimum atomic E-state index is -0.447. The van der Waals surface area contributed by atoms with E-state index in [9.17, 15) is 14.4 Å². The lowest BCUT2D eigenvalue weighted by atomic mass is 10.2. The minimum absolute atomic E-state index is 0.0633. The van der Waals surface area contributed by atoms with Crippen molar-refractivity contribution in [1.29, 1.82) is 0 Å². The van der Waals surface area contributed by atoms with E-state index in [0.717, 1.165) is 0 Å². The molecule has 0 aliphatic heterocycles. The maximum Gasteiger partial charge on any atom is 0.311 e. The lowest BCUT2D eigenvalue weighted by molar-refractivity contribution is -0.134. The number of anilines is 1. The molecule has 1 amide bonds. The summed E-state index contributed by atoms with van der Waals surface area (Å²) in [5.74, 6) is 0.126. The average Bonchev–Trinajstić information content (AvgIpc) is 2.80. The van der Waals surface area contributed by atoms with Crippen molar-refractivity contribution in [3.8, 4) is 5.75 Å². The van der Waals surface area contributed by atoms with Crippen LogP contribution in [-0.2, 0) is 11.2 Å². The minimum Gasteiger partial charge on any atom is -0.427 e. The van der Waals surface area contributed by atoms with Crippen LogP contribution in [0, 0.1) is 0 Å².